The van der Waals surface area contributed by atoms with Gasteiger partial charge in [-0.3, -0.25) is 4.79 Å². The summed E-state index contributed by atoms with van der Waals surface area (Å²) < 4.78 is 12.2. The highest BCUT2D eigenvalue weighted by atomic mass is 16.5. The molecule has 0 saturated heterocycles. The molecule has 0 unspecified atom stereocenters. The minimum Gasteiger partial charge on any atom is -0.508 e. The van der Waals surface area contributed by atoms with E-state index in [1.807, 2.05) is 45.9 Å². The molecule has 2 N–H and O–H groups in total. The molecule has 2 heterocycles. The lowest BCUT2D eigenvalue weighted by molar-refractivity contribution is 0.102. The van der Waals surface area contributed by atoms with Crippen LogP contribution >= 0.6 is 0 Å². The second-order valence-electron chi connectivity index (χ2n) is 8.58. The average molecular weight is 404 g/mol. The highest BCUT2D eigenvalue weighted by Crippen LogP contribution is 2.50. The maximum atomic E-state index is 13.1. The van der Waals surface area contributed by atoms with E-state index >= 15 is 0 Å². The number of phenols is 2. The van der Waals surface area contributed by atoms with Gasteiger partial charge >= 0.3 is 0 Å². The van der Waals surface area contributed by atoms with Crippen LogP contribution < -0.4 is 9.47 Å². The van der Waals surface area contributed by atoms with Gasteiger partial charge in [0.2, 0.25) is 0 Å². The first-order valence-electron chi connectivity index (χ1n) is 9.77. The van der Waals surface area contributed by atoms with Gasteiger partial charge in [0.25, 0.3) is 0 Å². The van der Waals surface area contributed by atoms with Crippen LogP contribution in [0.3, 0.4) is 0 Å². The number of aromatic hydroxyl groups is 2. The molecular weight excluding hydrogens is 380 g/mol. The molecule has 0 radical (unpaired) electrons. The number of ether oxygens (including phenoxy) is 2. The lowest BCUT2D eigenvalue weighted by Gasteiger charge is -2.35. The average Bonchev–Trinajstić information content (AvgIpc) is 2.66. The number of benzene rings is 2. The van der Waals surface area contributed by atoms with Crippen LogP contribution in [0, 0.1) is 0 Å². The third-order valence-electron chi connectivity index (χ3n) is 5.05. The Morgan fingerprint density at radius 1 is 0.867 bits per heavy atom. The van der Waals surface area contributed by atoms with Gasteiger partial charge in [0, 0.05) is 0 Å². The van der Waals surface area contributed by atoms with Gasteiger partial charge in [-0.05, 0) is 75.8 Å². The van der Waals surface area contributed by atoms with Crippen LogP contribution in [-0.4, -0.2) is 27.2 Å². The number of hydrogen-bond acceptors (Lipinski definition) is 5. The van der Waals surface area contributed by atoms with Crippen LogP contribution in [0.2, 0.25) is 0 Å². The van der Waals surface area contributed by atoms with E-state index in [-0.39, 0.29) is 22.8 Å². The fourth-order valence-electron chi connectivity index (χ4n) is 3.49. The molecule has 5 nitrogen and oxygen atoms in total. The van der Waals surface area contributed by atoms with E-state index in [4.69, 9.17) is 9.47 Å². The maximum Gasteiger partial charge on any atom is 0.193 e. The number of rotatable bonds is 3. The molecule has 0 spiro atoms. The molecule has 0 fully saturated rings. The molecule has 2 aliphatic rings. The Hall–Kier alpha value is -3.47. The minimum atomic E-state index is -0.636. The quantitative estimate of drug-likeness (QED) is 0.532. The van der Waals surface area contributed by atoms with Crippen LogP contribution in [0.15, 0.2) is 42.5 Å². The van der Waals surface area contributed by atoms with E-state index < -0.39 is 11.2 Å². The predicted molar refractivity (Wildman–Crippen MR) is 117 cm³/mol. The van der Waals surface area contributed by atoms with E-state index in [1.54, 1.807) is 36.4 Å². The van der Waals surface area contributed by atoms with Gasteiger partial charge in [0.1, 0.15) is 39.8 Å². The Balaban J connectivity index is 1.85. The zero-order valence-electron chi connectivity index (χ0n) is 17.4. The van der Waals surface area contributed by atoms with E-state index in [0.29, 0.717) is 22.6 Å². The minimum absolute atomic E-state index is 0.101. The molecule has 4 rings (SSSR count). The lowest BCUT2D eigenvalue weighted by atomic mass is 9.90. The summed E-state index contributed by atoms with van der Waals surface area (Å²) in [5.41, 5.74) is 0.771. The molecule has 0 aromatic heterocycles. The molecule has 0 atom stereocenters. The van der Waals surface area contributed by atoms with Gasteiger partial charge in [0.05, 0.1) is 11.1 Å². The van der Waals surface area contributed by atoms with Gasteiger partial charge < -0.3 is 19.7 Å². The number of hydrogen-bond donors (Lipinski definition) is 2. The third kappa shape index (κ3) is 3.59. The predicted octanol–water partition coefficient (Wildman–Crippen LogP) is 5.36. The summed E-state index contributed by atoms with van der Waals surface area (Å²) in [5, 5.41) is 20.4. The fraction of sp³-hybridized carbons (Fsp3) is 0.240. The second-order valence-corrected chi connectivity index (χ2v) is 8.58. The third-order valence-corrected chi connectivity index (χ3v) is 5.05. The number of carbonyl (C=O) groups is 1. The van der Waals surface area contributed by atoms with Gasteiger partial charge in [-0.2, -0.15) is 0 Å². The fourth-order valence-corrected chi connectivity index (χ4v) is 3.49. The number of carbonyl (C=O) groups excluding carboxylic acids is 1. The summed E-state index contributed by atoms with van der Waals surface area (Å²) in [6.45, 7) is 7.61. The molecule has 154 valence electrons. The van der Waals surface area contributed by atoms with E-state index in [0.717, 1.165) is 5.56 Å². The number of allylic oxidation sites excluding steroid dienone is 1. The molecule has 0 saturated carbocycles. The Labute approximate surface area is 175 Å². The summed E-state index contributed by atoms with van der Waals surface area (Å²) in [5.74, 6) is 0.411. The topological polar surface area (TPSA) is 76.0 Å². The Kier molecular flexibility index (Phi) is 4.49. The first-order valence-corrected chi connectivity index (χ1v) is 9.77. The van der Waals surface area contributed by atoms with Gasteiger partial charge in [-0.1, -0.05) is 18.2 Å². The SMILES string of the molecule is CC1(C)C=Cc2c(O)c(C(=O)/C=C/c3ccc(O)cc3)c3c(c2O1)C=CC(C)(C)O3. The van der Waals surface area contributed by atoms with Crippen molar-refractivity contribution >= 4 is 24.0 Å². The molecule has 2 aromatic carbocycles. The first kappa shape index (κ1) is 19.8. The van der Waals surface area contributed by atoms with Crippen molar-refractivity contribution in [1.82, 2.24) is 0 Å². The molecule has 0 bridgehead atoms. The highest BCUT2D eigenvalue weighted by Gasteiger charge is 2.36. The molecule has 2 aliphatic heterocycles. The second kappa shape index (κ2) is 6.80. The van der Waals surface area contributed by atoms with Crippen LogP contribution in [0.4, 0.5) is 0 Å². The van der Waals surface area contributed by atoms with Crippen LogP contribution in [0.5, 0.6) is 23.0 Å². The van der Waals surface area contributed by atoms with Crippen molar-refractivity contribution in [3.8, 4) is 23.0 Å². The van der Waals surface area contributed by atoms with Crippen molar-refractivity contribution in [2.45, 2.75) is 38.9 Å². The number of fused-ring (bicyclic) bond motifs is 3. The zero-order chi connectivity index (χ0) is 21.7. The Morgan fingerprint density at radius 2 is 1.43 bits per heavy atom. The van der Waals surface area contributed by atoms with Crippen molar-refractivity contribution in [2.24, 2.45) is 0 Å². The molecule has 5 heteroatoms. The summed E-state index contributed by atoms with van der Waals surface area (Å²) in [6, 6.07) is 6.48. The van der Waals surface area contributed by atoms with E-state index in [2.05, 4.69) is 0 Å². The molecule has 0 amide bonds. The zero-order valence-corrected chi connectivity index (χ0v) is 17.4. The summed E-state index contributed by atoms with van der Waals surface area (Å²) in [4.78, 5) is 13.1. The van der Waals surface area contributed by atoms with Gasteiger partial charge in [0.15, 0.2) is 5.78 Å². The standard InChI is InChI=1S/C25H24O5/c1-24(2)13-11-17-21(28)20(19(27)10-7-15-5-8-16(26)9-6-15)23-18(22(17)29-24)12-14-25(3,4)30-23/h5-14,26,28H,1-4H3/b10-7+. The molecule has 0 aliphatic carbocycles. The van der Waals surface area contributed by atoms with Crippen molar-refractivity contribution < 1.29 is 24.5 Å². The Morgan fingerprint density at radius 3 is 2.07 bits per heavy atom. The van der Waals surface area contributed by atoms with Crippen LogP contribution in [0.1, 0.15) is 54.7 Å². The summed E-state index contributed by atoms with van der Waals surface area (Å²) in [7, 11) is 0. The monoisotopic (exact) mass is 404 g/mol. The number of phenolic OH excluding ortho intramolecular Hbond substituents is 2. The lowest BCUT2D eigenvalue weighted by Crippen LogP contribution is -2.31. The molecule has 30 heavy (non-hydrogen) atoms. The molecule has 2 aromatic rings. The van der Waals surface area contributed by atoms with Crippen molar-refractivity contribution in [2.75, 3.05) is 0 Å². The molecular formula is C25H24O5. The van der Waals surface area contributed by atoms with E-state index in [1.165, 1.54) is 6.08 Å². The Bertz CT molecular complexity index is 1120. The van der Waals surface area contributed by atoms with E-state index in [9.17, 15) is 15.0 Å². The van der Waals surface area contributed by atoms with Crippen molar-refractivity contribution in [3.05, 3.63) is 64.7 Å². The van der Waals surface area contributed by atoms with Crippen LogP contribution in [0.25, 0.3) is 18.2 Å². The van der Waals surface area contributed by atoms with Crippen molar-refractivity contribution in [3.63, 3.8) is 0 Å². The normalized spacial score (nSPS) is 17.7. The maximum absolute atomic E-state index is 13.1. The summed E-state index contributed by atoms with van der Waals surface area (Å²) in [6.07, 6.45) is 10.4. The van der Waals surface area contributed by atoms with Gasteiger partial charge in [-0.15, -0.1) is 0 Å². The largest absolute Gasteiger partial charge is 0.508 e. The number of ketones is 1. The smallest absolute Gasteiger partial charge is 0.193 e. The highest BCUT2D eigenvalue weighted by molar-refractivity contribution is 6.12. The van der Waals surface area contributed by atoms with Gasteiger partial charge in [-0.25, -0.2) is 0 Å². The van der Waals surface area contributed by atoms with Crippen molar-refractivity contribution in [1.29, 1.82) is 0 Å². The first-order chi connectivity index (χ1) is 14.1. The van der Waals surface area contributed by atoms with Crippen LogP contribution in [-0.2, 0) is 0 Å². The summed E-state index contributed by atoms with van der Waals surface area (Å²) >= 11 is 0.